The van der Waals surface area contributed by atoms with Crippen molar-refractivity contribution in [1.29, 1.82) is 0 Å². The second kappa shape index (κ2) is 6.73. The number of anilines is 2. The standard InChI is InChI=1S/C23H17N3O4/c27-15-11-9-14(10-12-15)24-20(28)13-25-21-16-5-1-2-6-17(16)23(30)26(21)19-8-4-3-7-18(19)22(25)29/h1-12,21,27H,13H2,(H,24,28)/t21-/m1/s1. The van der Waals surface area contributed by atoms with Crippen LogP contribution in [0.4, 0.5) is 11.4 Å². The number of amides is 3. The molecule has 2 heterocycles. The van der Waals surface area contributed by atoms with Crippen molar-refractivity contribution in [3.8, 4) is 5.75 Å². The zero-order valence-corrected chi connectivity index (χ0v) is 15.8. The molecule has 2 aliphatic heterocycles. The Morgan fingerprint density at radius 2 is 1.53 bits per heavy atom. The highest BCUT2D eigenvalue weighted by molar-refractivity contribution is 6.17. The molecule has 3 aromatic rings. The van der Waals surface area contributed by atoms with Crippen molar-refractivity contribution < 1.29 is 19.5 Å². The van der Waals surface area contributed by atoms with Gasteiger partial charge in [-0.25, -0.2) is 0 Å². The summed E-state index contributed by atoms with van der Waals surface area (Å²) in [4.78, 5) is 42.1. The number of hydrogen-bond acceptors (Lipinski definition) is 4. The third-order valence-electron chi connectivity index (χ3n) is 5.35. The number of para-hydroxylation sites is 1. The predicted molar refractivity (Wildman–Crippen MR) is 110 cm³/mol. The molecule has 7 nitrogen and oxygen atoms in total. The van der Waals surface area contributed by atoms with E-state index in [1.54, 1.807) is 53.4 Å². The van der Waals surface area contributed by atoms with Gasteiger partial charge >= 0.3 is 0 Å². The molecule has 0 spiro atoms. The van der Waals surface area contributed by atoms with Crippen LogP contribution in [0.15, 0.2) is 72.8 Å². The van der Waals surface area contributed by atoms with Gasteiger partial charge in [0.05, 0.1) is 11.3 Å². The van der Waals surface area contributed by atoms with Crippen molar-refractivity contribution in [2.75, 3.05) is 16.8 Å². The van der Waals surface area contributed by atoms with Crippen molar-refractivity contribution >= 4 is 29.1 Å². The minimum atomic E-state index is -0.679. The van der Waals surface area contributed by atoms with E-state index in [0.29, 0.717) is 28.1 Å². The minimum Gasteiger partial charge on any atom is -0.508 e. The number of phenols is 1. The SMILES string of the molecule is O=C(CN1C(=O)c2ccccc2N2C(=O)c3ccccc3[C@H]12)Nc1ccc(O)cc1. The molecule has 0 unspecified atom stereocenters. The molecule has 0 saturated carbocycles. The van der Waals surface area contributed by atoms with E-state index < -0.39 is 12.1 Å². The number of carbonyl (C=O) groups is 3. The molecule has 0 bridgehead atoms. The third-order valence-corrected chi connectivity index (χ3v) is 5.35. The van der Waals surface area contributed by atoms with Crippen molar-refractivity contribution in [3.05, 3.63) is 89.5 Å². The van der Waals surface area contributed by atoms with Crippen LogP contribution in [-0.2, 0) is 4.79 Å². The van der Waals surface area contributed by atoms with Crippen LogP contribution in [0.25, 0.3) is 0 Å². The predicted octanol–water partition coefficient (Wildman–Crippen LogP) is 3.15. The number of phenolic OH excluding ortho intramolecular Hbond substituents is 1. The lowest BCUT2D eigenvalue weighted by molar-refractivity contribution is -0.117. The Labute approximate surface area is 172 Å². The quantitative estimate of drug-likeness (QED) is 0.662. The van der Waals surface area contributed by atoms with Crippen molar-refractivity contribution in [3.63, 3.8) is 0 Å². The molecule has 3 amide bonds. The number of carbonyl (C=O) groups excluding carboxylic acids is 3. The van der Waals surface area contributed by atoms with Crippen molar-refractivity contribution in [2.24, 2.45) is 0 Å². The summed E-state index contributed by atoms with van der Waals surface area (Å²) >= 11 is 0. The minimum absolute atomic E-state index is 0.0903. The largest absolute Gasteiger partial charge is 0.508 e. The van der Waals surface area contributed by atoms with Crippen molar-refractivity contribution in [1.82, 2.24) is 4.90 Å². The maximum Gasteiger partial charge on any atom is 0.260 e. The van der Waals surface area contributed by atoms with Gasteiger partial charge in [-0.3, -0.25) is 19.3 Å². The van der Waals surface area contributed by atoms with Crippen LogP contribution >= 0.6 is 0 Å². The lowest BCUT2D eigenvalue weighted by atomic mass is 10.0. The molecular formula is C23H17N3O4. The fourth-order valence-corrected chi connectivity index (χ4v) is 4.03. The Balaban J connectivity index is 1.52. The van der Waals surface area contributed by atoms with Gasteiger partial charge < -0.3 is 15.3 Å². The zero-order chi connectivity index (χ0) is 20.8. The Kier molecular flexibility index (Phi) is 4.03. The summed E-state index contributed by atoms with van der Waals surface area (Å²) in [5.74, 6) is -0.811. The van der Waals surface area contributed by atoms with Gasteiger partial charge in [0.25, 0.3) is 11.8 Å². The Morgan fingerprint density at radius 1 is 0.867 bits per heavy atom. The molecule has 7 heteroatoms. The number of benzene rings is 3. The summed E-state index contributed by atoms with van der Waals surface area (Å²) < 4.78 is 0. The van der Waals surface area contributed by atoms with E-state index in [9.17, 15) is 19.5 Å². The van der Waals surface area contributed by atoms with Crippen LogP contribution in [-0.4, -0.2) is 34.3 Å². The molecule has 0 saturated heterocycles. The summed E-state index contributed by atoms with van der Waals surface area (Å²) in [6.45, 7) is -0.225. The van der Waals surface area contributed by atoms with Gasteiger partial charge in [-0.05, 0) is 42.5 Å². The molecule has 2 aliphatic rings. The van der Waals surface area contributed by atoms with E-state index in [2.05, 4.69) is 5.32 Å². The van der Waals surface area contributed by atoms with E-state index >= 15 is 0 Å². The zero-order valence-electron chi connectivity index (χ0n) is 15.8. The van der Waals surface area contributed by atoms with Gasteiger partial charge in [-0.15, -0.1) is 0 Å². The highest BCUT2D eigenvalue weighted by Gasteiger charge is 2.47. The lowest BCUT2D eigenvalue weighted by Crippen LogP contribution is -2.50. The summed E-state index contributed by atoms with van der Waals surface area (Å²) in [5.41, 5.74) is 2.65. The summed E-state index contributed by atoms with van der Waals surface area (Å²) in [5, 5.41) is 12.1. The van der Waals surface area contributed by atoms with Crippen LogP contribution in [0, 0.1) is 0 Å². The average molecular weight is 399 g/mol. The maximum absolute atomic E-state index is 13.3. The molecule has 0 aliphatic carbocycles. The fourth-order valence-electron chi connectivity index (χ4n) is 4.03. The van der Waals surface area contributed by atoms with E-state index in [0.717, 1.165) is 0 Å². The van der Waals surface area contributed by atoms with Crippen molar-refractivity contribution in [2.45, 2.75) is 6.17 Å². The smallest absolute Gasteiger partial charge is 0.260 e. The number of nitrogens with zero attached hydrogens (tertiary/aromatic N) is 2. The van der Waals surface area contributed by atoms with Gasteiger partial charge in [0.2, 0.25) is 5.91 Å². The van der Waals surface area contributed by atoms with E-state index in [4.69, 9.17) is 0 Å². The third kappa shape index (κ3) is 2.71. The number of aromatic hydroxyl groups is 1. The molecule has 3 aromatic carbocycles. The number of hydrogen-bond donors (Lipinski definition) is 2. The number of nitrogens with one attached hydrogen (secondary N) is 1. The summed E-state index contributed by atoms with van der Waals surface area (Å²) in [6, 6.07) is 20.1. The monoisotopic (exact) mass is 399 g/mol. The Morgan fingerprint density at radius 3 is 2.30 bits per heavy atom. The topological polar surface area (TPSA) is 90.0 Å². The van der Waals surface area contributed by atoms with Gasteiger partial charge in [-0.2, -0.15) is 0 Å². The van der Waals surface area contributed by atoms with Crippen LogP contribution in [0.1, 0.15) is 32.4 Å². The molecule has 5 rings (SSSR count). The highest BCUT2D eigenvalue weighted by Crippen LogP contribution is 2.44. The molecule has 148 valence electrons. The van der Waals surface area contributed by atoms with Gasteiger partial charge in [-0.1, -0.05) is 30.3 Å². The highest BCUT2D eigenvalue weighted by atomic mass is 16.3. The van der Waals surface area contributed by atoms with E-state index in [1.807, 2.05) is 12.1 Å². The molecular weight excluding hydrogens is 382 g/mol. The molecule has 30 heavy (non-hydrogen) atoms. The van der Waals surface area contributed by atoms with Crippen LogP contribution in [0.5, 0.6) is 5.75 Å². The second-order valence-electron chi connectivity index (χ2n) is 7.18. The molecule has 0 fully saturated rings. The normalized spacial score (nSPS) is 16.7. The summed E-state index contributed by atoms with van der Waals surface area (Å²) in [7, 11) is 0. The number of fused-ring (bicyclic) bond motifs is 5. The first-order chi connectivity index (χ1) is 14.5. The molecule has 1 atom stereocenters. The molecule has 2 N–H and O–H groups in total. The van der Waals surface area contributed by atoms with Crippen LogP contribution in [0.3, 0.4) is 0 Å². The van der Waals surface area contributed by atoms with Crippen LogP contribution < -0.4 is 10.2 Å². The maximum atomic E-state index is 13.3. The van der Waals surface area contributed by atoms with Gasteiger partial charge in [0.15, 0.2) is 0 Å². The second-order valence-corrected chi connectivity index (χ2v) is 7.18. The van der Waals surface area contributed by atoms with Gasteiger partial charge in [0.1, 0.15) is 18.5 Å². The lowest BCUT2D eigenvalue weighted by Gasteiger charge is -2.40. The Hall–Kier alpha value is -4.13. The first-order valence-electron chi connectivity index (χ1n) is 9.46. The fraction of sp³-hybridized carbons (Fsp3) is 0.0870. The molecule has 0 aromatic heterocycles. The summed E-state index contributed by atoms with van der Waals surface area (Å²) in [6.07, 6.45) is -0.679. The Bertz CT molecular complexity index is 1190. The first-order valence-corrected chi connectivity index (χ1v) is 9.46. The van der Waals surface area contributed by atoms with E-state index in [1.165, 1.54) is 17.0 Å². The van der Waals surface area contributed by atoms with E-state index in [-0.39, 0.29) is 24.1 Å². The average Bonchev–Trinajstić information content (AvgIpc) is 3.06. The van der Waals surface area contributed by atoms with Crippen LogP contribution in [0.2, 0.25) is 0 Å². The molecule has 0 radical (unpaired) electrons. The van der Waals surface area contributed by atoms with Gasteiger partial charge in [0, 0.05) is 16.8 Å². The number of rotatable bonds is 3. The first kappa shape index (κ1) is 17.9.